The lowest BCUT2D eigenvalue weighted by Crippen LogP contribution is -2.42. The molecule has 0 atom stereocenters. The third-order valence-corrected chi connectivity index (χ3v) is 7.42. The van der Waals surface area contributed by atoms with Crippen LogP contribution in [0.25, 0.3) is 0 Å². The van der Waals surface area contributed by atoms with E-state index in [-0.39, 0.29) is 11.7 Å². The molecule has 0 saturated carbocycles. The zero-order valence-corrected chi connectivity index (χ0v) is 18.4. The summed E-state index contributed by atoms with van der Waals surface area (Å²) in [6.07, 6.45) is 0.898. The average molecular weight is 432 g/mol. The fourth-order valence-electron chi connectivity index (χ4n) is 3.72. The fourth-order valence-corrected chi connectivity index (χ4v) is 5.54. The van der Waals surface area contributed by atoms with E-state index in [1.165, 1.54) is 0 Å². The number of carbonyl (C=O) groups is 1. The first kappa shape index (κ1) is 22.2. The number of piperidine rings is 1. The van der Waals surface area contributed by atoms with E-state index in [9.17, 15) is 13.2 Å². The van der Waals surface area contributed by atoms with E-state index in [1.807, 2.05) is 44.2 Å². The van der Waals surface area contributed by atoms with Crippen LogP contribution in [-0.4, -0.2) is 50.8 Å². The van der Waals surface area contributed by atoms with Crippen LogP contribution in [0.3, 0.4) is 0 Å². The summed E-state index contributed by atoms with van der Waals surface area (Å²) in [6.45, 7) is 5.59. The largest absolute Gasteiger partial charge is 0.494 e. The van der Waals surface area contributed by atoms with Crippen LogP contribution in [0.1, 0.15) is 42.6 Å². The Morgan fingerprint density at radius 3 is 2.07 bits per heavy atom. The number of rotatable bonds is 8. The van der Waals surface area contributed by atoms with Crippen molar-refractivity contribution >= 4 is 15.7 Å². The van der Waals surface area contributed by atoms with Gasteiger partial charge in [0.1, 0.15) is 11.5 Å². The minimum atomic E-state index is -3.26. The normalized spacial score (nSPS) is 15.1. The second kappa shape index (κ2) is 9.98. The van der Waals surface area contributed by atoms with Crippen LogP contribution in [-0.2, 0) is 15.6 Å². The van der Waals surface area contributed by atoms with Gasteiger partial charge in [0, 0.05) is 24.7 Å². The van der Waals surface area contributed by atoms with Crippen molar-refractivity contribution in [3.63, 3.8) is 0 Å². The molecule has 7 heteroatoms. The van der Waals surface area contributed by atoms with E-state index in [1.54, 1.807) is 23.1 Å². The minimum absolute atomic E-state index is 0.0422. The van der Waals surface area contributed by atoms with Crippen LogP contribution in [0.15, 0.2) is 48.5 Å². The van der Waals surface area contributed by atoms with E-state index < -0.39 is 15.1 Å². The summed E-state index contributed by atoms with van der Waals surface area (Å²) < 4.78 is 36.7. The molecule has 0 radical (unpaired) electrons. The first-order valence-electron chi connectivity index (χ1n) is 10.4. The third-order valence-electron chi connectivity index (χ3n) is 5.20. The van der Waals surface area contributed by atoms with Crippen LogP contribution in [0, 0.1) is 0 Å². The maximum Gasteiger partial charge on any atom is 0.254 e. The van der Waals surface area contributed by atoms with E-state index in [0.717, 1.165) is 5.56 Å². The Morgan fingerprint density at radius 2 is 1.53 bits per heavy atom. The molecule has 1 aliphatic heterocycles. The molecular weight excluding hydrogens is 402 g/mol. The fraction of sp³-hybridized carbons (Fsp3) is 0.435. The summed E-state index contributed by atoms with van der Waals surface area (Å²) in [7, 11) is -3.26. The second-order valence-corrected chi connectivity index (χ2v) is 9.62. The van der Waals surface area contributed by atoms with E-state index in [2.05, 4.69) is 0 Å². The van der Waals surface area contributed by atoms with Gasteiger partial charge in [-0.3, -0.25) is 4.79 Å². The van der Waals surface area contributed by atoms with Crippen molar-refractivity contribution < 1.29 is 22.7 Å². The molecule has 1 aliphatic rings. The number of benzene rings is 2. The Hall–Kier alpha value is -2.54. The average Bonchev–Trinajstić information content (AvgIpc) is 2.74. The van der Waals surface area contributed by atoms with Gasteiger partial charge < -0.3 is 14.4 Å². The van der Waals surface area contributed by atoms with E-state index >= 15 is 0 Å². The summed E-state index contributed by atoms with van der Waals surface area (Å²) in [5.41, 5.74) is 1.29. The summed E-state index contributed by atoms with van der Waals surface area (Å²) in [5.74, 6) is 1.09. The van der Waals surface area contributed by atoms with Gasteiger partial charge >= 0.3 is 0 Å². The lowest BCUT2D eigenvalue weighted by molar-refractivity contribution is 0.0724. The molecule has 1 saturated heterocycles. The Labute approximate surface area is 178 Å². The molecule has 2 aromatic carbocycles. The van der Waals surface area contributed by atoms with Gasteiger partial charge in [0.15, 0.2) is 9.84 Å². The highest BCUT2D eigenvalue weighted by atomic mass is 32.2. The van der Waals surface area contributed by atoms with Crippen molar-refractivity contribution in [2.24, 2.45) is 0 Å². The first-order valence-corrected chi connectivity index (χ1v) is 12.1. The molecule has 3 rings (SSSR count). The molecular formula is C23H29NO5S. The summed E-state index contributed by atoms with van der Waals surface area (Å²) in [6, 6.07) is 14.4. The number of nitrogens with zero attached hydrogens (tertiary/aromatic N) is 1. The molecule has 0 N–H and O–H groups in total. The topological polar surface area (TPSA) is 72.9 Å². The zero-order valence-electron chi connectivity index (χ0n) is 17.5. The molecule has 0 aliphatic carbocycles. The lowest BCUT2D eigenvalue weighted by Gasteiger charge is -2.32. The second-order valence-electron chi connectivity index (χ2n) is 7.34. The molecule has 2 aromatic rings. The van der Waals surface area contributed by atoms with Gasteiger partial charge in [0.05, 0.1) is 24.2 Å². The third kappa shape index (κ3) is 5.53. The van der Waals surface area contributed by atoms with Crippen LogP contribution < -0.4 is 9.47 Å². The van der Waals surface area contributed by atoms with Crippen molar-refractivity contribution in [2.45, 2.75) is 37.7 Å². The number of carbonyl (C=O) groups excluding carboxylic acids is 1. The van der Waals surface area contributed by atoms with Gasteiger partial charge in [0.25, 0.3) is 5.91 Å². The molecule has 0 bridgehead atoms. The number of hydrogen-bond acceptors (Lipinski definition) is 5. The zero-order chi connectivity index (χ0) is 21.6. The SMILES string of the molecule is CCOc1cc(OCC)cc(C(=O)N2CCC(S(=O)(=O)Cc3ccccc3)CC2)c1. The quantitative estimate of drug-likeness (QED) is 0.637. The molecule has 162 valence electrons. The molecule has 1 fully saturated rings. The molecule has 0 aromatic heterocycles. The predicted octanol–water partition coefficient (Wildman–Crippen LogP) is 3.70. The summed E-state index contributed by atoms with van der Waals surface area (Å²) in [4.78, 5) is 14.7. The number of sulfone groups is 1. The van der Waals surface area contributed by atoms with Gasteiger partial charge in [-0.1, -0.05) is 30.3 Å². The molecule has 1 amide bonds. The number of ether oxygens (including phenoxy) is 2. The van der Waals surface area contributed by atoms with Crippen LogP contribution in [0.5, 0.6) is 11.5 Å². The van der Waals surface area contributed by atoms with Crippen LogP contribution in [0.2, 0.25) is 0 Å². The van der Waals surface area contributed by atoms with Crippen molar-refractivity contribution in [3.8, 4) is 11.5 Å². The molecule has 6 nitrogen and oxygen atoms in total. The molecule has 0 unspecified atom stereocenters. The summed E-state index contributed by atoms with van der Waals surface area (Å²) in [5, 5.41) is -0.421. The number of hydrogen-bond donors (Lipinski definition) is 0. The van der Waals surface area contributed by atoms with Crippen molar-refractivity contribution in [3.05, 3.63) is 59.7 Å². The van der Waals surface area contributed by atoms with Gasteiger partial charge in [-0.25, -0.2) is 8.42 Å². The predicted molar refractivity (Wildman–Crippen MR) is 117 cm³/mol. The Balaban J connectivity index is 1.66. The number of likely N-dealkylation sites (tertiary alicyclic amines) is 1. The van der Waals surface area contributed by atoms with Crippen molar-refractivity contribution in [2.75, 3.05) is 26.3 Å². The maximum absolute atomic E-state index is 13.0. The maximum atomic E-state index is 13.0. The van der Waals surface area contributed by atoms with Crippen LogP contribution >= 0.6 is 0 Å². The van der Waals surface area contributed by atoms with Gasteiger partial charge in [0.2, 0.25) is 0 Å². The smallest absolute Gasteiger partial charge is 0.254 e. The summed E-state index contributed by atoms with van der Waals surface area (Å²) >= 11 is 0. The van der Waals surface area contributed by atoms with Crippen molar-refractivity contribution in [1.29, 1.82) is 0 Å². The van der Waals surface area contributed by atoms with Gasteiger partial charge in [-0.2, -0.15) is 0 Å². The first-order chi connectivity index (χ1) is 14.4. The van der Waals surface area contributed by atoms with Crippen molar-refractivity contribution in [1.82, 2.24) is 4.90 Å². The minimum Gasteiger partial charge on any atom is -0.494 e. The monoisotopic (exact) mass is 431 g/mol. The lowest BCUT2D eigenvalue weighted by atomic mass is 10.1. The van der Waals surface area contributed by atoms with Gasteiger partial charge in [-0.15, -0.1) is 0 Å². The Morgan fingerprint density at radius 1 is 0.967 bits per heavy atom. The molecule has 30 heavy (non-hydrogen) atoms. The Bertz CT molecular complexity index is 927. The highest BCUT2D eigenvalue weighted by molar-refractivity contribution is 7.91. The highest BCUT2D eigenvalue weighted by Crippen LogP contribution is 2.27. The molecule has 1 heterocycles. The van der Waals surface area contributed by atoms with E-state index in [0.29, 0.717) is 56.2 Å². The number of amides is 1. The standard InChI is InChI=1S/C23H29NO5S/c1-3-28-20-14-19(15-21(16-20)29-4-2)23(25)24-12-10-22(11-13-24)30(26,27)17-18-8-6-5-7-9-18/h5-9,14-16,22H,3-4,10-13,17H2,1-2H3. The Kier molecular flexibility index (Phi) is 7.37. The van der Waals surface area contributed by atoms with Gasteiger partial charge in [-0.05, 0) is 44.4 Å². The molecule has 0 spiro atoms. The highest BCUT2D eigenvalue weighted by Gasteiger charge is 2.32. The van der Waals surface area contributed by atoms with E-state index in [4.69, 9.17) is 9.47 Å². The van der Waals surface area contributed by atoms with Crippen LogP contribution in [0.4, 0.5) is 0 Å².